The van der Waals surface area contributed by atoms with E-state index in [0.717, 1.165) is 29.2 Å². The van der Waals surface area contributed by atoms with E-state index in [4.69, 9.17) is 0 Å². The Balaban J connectivity index is 1.50. The topological polar surface area (TPSA) is 0 Å². The quantitative estimate of drug-likeness (QED) is 0.517. The van der Waals surface area contributed by atoms with Crippen LogP contribution >= 0.6 is 0 Å². The van der Waals surface area contributed by atoms with E-state index in [1.54, 1.807) is 0 Å². The molecule has 2 aliphatic carbocycles. The summed E-state index contributed by atoms with van der Waals surface area (Å²) in [5.41, 5.74) is 2.67. The van der Waals surface area contributed by atoms with Gasteiger partial charge in [0.1, 0.15) is 0 Å². The van der Waals surface area contributed by atoms with Crippen molar-refractivity contribution in [1.82, 2.24) is 0 Å². The molecule has 0 atom stereocenters. The van der Waals surface area contributed by atoms with Gasteiger partial charge in [0.25, 0.3) is 0 Å². The number of hydrogen-bond acceptors (Lipinski definition) is 0. The lowest BCUT2D eigenvalue weighted by atomic mass is 9.78. The maximum absolute atomic E-state index is 3.30. The summed E-state index contributed by atoms with van der Waals surface area (Å²) >= 11 is 0. The van der Waals surface area contributed by atoms with Gasteiger partial charge in [0, 0.05) is 5.56 Å². The lowest BCUT2D eigenvalue weighted by molar-refractivity contribution is 0.319. The minimum atomic E-state index is 0.756. The molecule has 2 aliphatic rings. The number of benzene rings is 1. The second-order valence-corrected chi connectivity index (χ2v) is 8.40. The molecule has 0 saturated heterocycles. The van der Waals surface area contributed by atoms with Gasteiger partial charge < -0.3 is 0 Å². The zero-order valence-corrected chi connectivity index (χ0v) is 16.1. The van der Waals surface area contributed by atoms with Gasteiger partial charge in [-0.15, -0.1) is 0 Å². The number of hydrogen-bond donors (Lipinski definition) is 0. The monoisotopic (exact) mass is 334 g/mol. The highest BCUT2D eigenvalue weighted by Gasteiger charge is 2.21. The first-order valence-corrected chi connectivity index (χ1v) is 10.5. The summed E-state index contributed by atoms with van der Waals surface area (Å²) in [7, 11) is 0. The van der Waals surface area contributed by atoms with E-state index in [2.05, 4.69) is 62.1 Å². The first-order valence-electron chi connectivity index (χ1n) is 10.5. The summed E-state index contributed by atoms with van der Waals surface area (Å²) in [5.74, 6) is 9.97. The van der Waals surface area contributed by atoms with Crippen molar-refractivity contribution in [3.63, 3.8) is 0 Å². The molecule has 3 rings (SSSR count). The minimum absolute atomic E-state index is 0.756. The number of allylic oxidation sites excluding steroid dienone is 2. The Labute approximate surface area is 155 Å². The Kier molecular flexibility index (Phi) is 6.80. The lowest BCUT2D eigenvalue weighted by Gasteiger charge is -2.28. The SMILES string of the molecule is CC[C@H]1CC[C@H](c2ccc(C#C/C=C/[C@H]3CC[C@H](C)CC3)cc2)CC1. The highest BCUT2D eigenvalue weighted by Crippen LogP contribution is 2.36. The number of rotatable bonds is 3. The maximum atomic E-state index is 3.30. The van der Waals surface area contributed by atoms with Crippen molar-refractivity contribution in [3.8, 4) is 11.8 Å². The van der Waals surface area contributed by atoms with Crippen LogP contribution in [0.3, 0.4) is 0 Å². The summed E-state index contributed by atoms with van der Waals surface area (Å²) in [6.07, 6.45) is 16.8. The smallest absolute Gasteiger partial charge is 0.0249 e. The molecule has 0 radical (unpaired) electrons. The van der Waals surface area contributed by atoms with Crippen LogP contribution < -0.4 is 0 Å². The molecule has 0 bridgehead atoms. The Morgan fingerprint density at radius 2 is 1.60 bits per heavy atom. The first-order chi connectivity index (χ1) is 12.2. The molecule has 0 heteroatoms. The van der Waals surface area contributed by atoms with Crippen LogP contribution in [0.2, 0.25) is 0 Å². The van der Waals surface area contributed by atoms with Gasteiger partial charge in [-0.1, -0.05) is 63.2 Å². The minimum Gasteiger partial charge on any atom is -0.0730 e. The van der Waals surface area contributed by atoms with Crippen molar-refractivity contribution in [3.05, 3.63) is 47.5 Å². The predicted octanol–water partition coefficient (Wildman–Crippen LogP) is 7.10. The van der Waals surface area contributed by atoms with E-state index in [1.807, 2.05) is 0 Å². The Morgan fingerprint density at radius 3 is 2.24 bits per heavy atom. The Hall–Kier alpha value is -1.48. The summed E-state index contributed by atoms with van der Waals surface area (Å²) in [5, 5.41) is 0. The van der Waals surface area contributed by atoms with Crippen LogP contribution in [-0.2, 0) is 0 Å². The fourth-order valence-corrected chi connectivity index (χ4v) is 4.53. The van der Waals surface area contributed by atoms with Crippen LogP contribution in [0.15, 0.2) is 36.4 Å². The van der Waals surface area contributed by atoms with Gasteiger partial charge in [0.15, 0.2) is 0 Å². The van der Waals surface area contributed by atoms with Gasteiger partial charge in [-0.2, -0.15) is 0 Å². The lowest BCUT2D eigenvalue weighted by Crippen LogP contribution is -2.12. The van der Waals surface area contributed by atoms with Crippen LogP contribution in [0.1, 0.15) is 88.7 Å². The molecule has 1 aromatic rings. The third-order valence-corrected chi connectivity index (χ3v) is 6.53. The fourth-order valence-electron chi connectivity index (χ4n) is 4.53. The molecule has 0 N–H and O–H groups in total. The van der Waals surface area contributed by atoms with Crippen molar-refractivity contribution in [2.75, 3.05) is 0 Å². The molecule has 0 aliphatic heterocycles. The molecule has 2 saturated carbocycles. The van der Waals surface area contributed by atoms with Crippen LogP contribution in [0.25, 0.3) is 0 Å². The second-order valence-electron chi connectivity index (χ2n) is 8.40. The van der Waals surface area contributed by atoms with Crippen molar-refractivity contribution in [1.29, 1.82) is 0 Å². The van der Waals surface area contributed by atoms with Crippen LogP contribution in [0, 0.1) is 29.6 Å². The standard InChI is InChI=1S/C25H34/c1-3-21-12-16-24(17-13-21)25-18-14-23(15-19-25)7-5-4-6-22-10-8-20(2)9-11-22/h4,6,14-15,18-22,24H,3,8-13,16-17H2,1-2H3/b6-4+/t20-,21-,22-,24-. The highest BCUT2D eigenvalue weighted by atomic mass is 14.3. The van der Waals surface area contributed by atoms with Crippen LogP contribution in [0.5, 0.6) is 0 Å². The van der Waals surface area contributed by atoms with E-state index in [1.165, 1.54) is 63.4 Å². The molecule has 2 fully saturated rings. The van der Waals surface area contributed by atoms with Gasteiger partial charge in [-0.25, -0.2) is 0 Å². The molecule has 1 aromatic carbocycles. The summed E-state index contributed by atoms with van der Waals surface area (Å²) in [6, 6.07) is 9.05. The van der Waals surface area contributed by atoms with E-state index in [0.29, 0.717) is 0 Å². The molecule has 0 spiro atoms. The average Bonchev–Trinajstić information content (AvgIpc) is 2.67. The fraction of sp³-hybridized carbons (Fsp3) is 0.600. The Bertz CT molecular complexity index is 594. The summed E-state index contributed by atoms with van der Waals surface area (Å²) in [4.78, 5) is 0. The van der Waals surface area contributed by atoms with Gasteiger partial charge in [-0.3, -0.25) is 0 Å². The normalized spacial score (nSPS) is 30.0. The second kappa shape index (κ2) is 9.28. The van der Waals surface area contributed by atoms with E-state index in [9.17, 15) is 0 Å². The first kappa shape index (κ1) is 18.3. The van der Waals surface area contributed by atoms with Crippen LogP contribution in [0.4, 0.5) is 0 Å². The van der Waals surface area contributed by atoms with Gasteiger partial charge in [0.05, 0.1) is 0 Å². The predicted molar refractivity (Wildman–Crippen MR) is 109 cm³/mol. The molecule has 0 nitrogen and oxygen atoms in total. The van der Waals surface area contributed by atoms with Gasteiger partial charge in [-0.05, 0) is 86.0 Å². The zero-order valence-electron chi connectivity index (χ0n) is 16.1. The highest BCUT2D eigenvalue weighted by molar-refractivity contribution is 5.39. The van der Waals surface area contributed by atoms with E-state index >= 15 is 0 Å². The molecule has 0 unspecified atom stereocenters. The summed E-state index contributed by atoms with van der Waals surface area (Å²) < 4.78 is 0. The van der Waals surface area contributed by atoms with Crippen molar-refractivity contribution in [2.24, 2.45) is 17.8 Å². The third-order valence-electron chi connectivity index (χ3n) is 6.53. The van der Waals surface area contributed by atoms with Crippen molar-refractivity contribution >= 4 is 0 Å². The third kappa shape index (κ3) is 5.50. The largest absolute Gasteiger partial charge is 0.0730 e. The van der Waals surface area contributed by atoms with Crippen molar-refractivity contribution < 1.29 is 0 Å². The van der Waals surface area contributed by atoms with Crippen molar-refractivity contribution in [2.45, 2.75) is 77.6 Å². The molecule has 0 heterocycles. The van der Waals surface area contributed by atoms with E-state index in [-0.39, 0.29) is 0 Å². The molecule has 134 valence electrons. The van der Waals surface area contributed by atoms with Crippen LogP contribution in [-0.4, -0.2) is 0 Å². The van der Waals surface area contributed by atoms with Gasteiger partial charge >= 0.3 is 0 Å². The van der Waals surface area contributed by atoms with Gasteiger partial charge in [0.2, 0.25) is 0 Å². The molecular formula is C25H34. The average molecular weight is 335 g/mol. The molecule has 25 heavy (non-hydrogen) atoms. The molecular weight excluding hydrogens is 300 g/mol. The summed E-state index contributed by atoms with van der Waals surface area (Å²) in [6.45, 7) is 4.71. The van der Waals surface area contributed by atoms with E-state index < -0.39 is 0 Å². The Morgan fingerprint density at radius 1 is 0.920 bits per heavy atom. The molecule has 0 amide bonds. The zero-order chi connectivity index (χ0) is 17.5. The maximum Gasteiger partial charge on any atom is 0.0249 e. The molecule has 0 aromatic heterocycles.